The van der Waals surface area contributed by atoms with Crippen molar-refractivity contribution in [1.82, 2.24) is 5.32 Å². The van der Waals surface area contributed by atoms with Crippen LogP contribution < -0.4 is 10.1 Å². The summed E-state index contributed by atoms with van der Waals surface area (Å²) in [5, 5.41) is 3.59. The lowest BCUT2D eigenvalue weighted by Gasteiger charge is -2.22. The van der Waals surface area contributed by atoms with Gasteiger partial charge in [-0.15, -0.1) is 0 Å². The van der Waals surface area contributed by atoms with Gasteiger partial charge in [0.15, 0.2) is 0 Å². The van der Waals surface area contributed by atoms with Crippen molar-refractivity contribution >= 4 is 15.9 Å². The maximum absolute atomic E-state index is 5.83. The highest BCUT2D eigenvalue weighted by Gasteiger charge is 2.23. The minimum absolute atomic E-state index is 0.388. The number of halogens is 1. The second kappa shape index (κ2) is 6.07. The molecule has 0 radical (unpaired) electrons. The summed E-state index contributed by atoms with van der Waals surface area (Å²) in [4.78, 5) is 0. The van der Waals surface area contributed by atoms with Crippen LogP contribution in [-0.2, 0) is 6.42 Å². The Hall–Kier alpha value is -0.540. The highest BCUT2D eigenvalue weighted by Crippen LogP contribution is 2.38. The Morgan fingerprint density at radius 2 is 2.17 bits per heavy atom. The van der Waals surface area contributed by atoms with Gasteiger partial charge in [-0.2, -0.15) is 0 Å². The minimum Gasteiger partial charge on any atom is -0.493 e. The molecule has 3 heteroatoms. The average Bonchev–Trinajstić information content (AvgIpc) is 2.74. The first-order valence-electron chi connectivity index (χ1n) is 6.80. The van der Waals surface area contributed by atoms with Gasteiger partial charge in [0.25, 0.3) is 0 Å². The van der Waals surface area contributed by atoms with Crippen LogP contribution in [-0.4, -0.2) is 13.2 Å². The van der Waals surface area contributed by atoms with Gasteiger partial charge in [0.1, 0.15) is 5.75 Å². The smallest absolute Gasteiger partial charge is 0.127 e. The SMILES string of the molecule is CCNC(CC(C)C)c1cc(Br)cc2c1OCC2. The predicted octanol–water partition coefficient (Wildman–Crippen LogP) is 4.08. The Kier molecular flexibility index (Phi) is 4.68. The molecule has 0 aromatic heterocycles. The van der Waals surface area contributed by atoms with E-state index in [-0.39, 0.29) is 0 Å². The van der Waals surface area contributed by atoms with Gasteiger partial charge < -0.3 is 10.1 Å². The first-order valence-corrected chi connectivity index (χ1v) is 7.59. The third kappa shape index (κ3) is 3.07. The summed E-state index contributed by atoms with van der Waals surface area (Å²) in [6.45, 7) is 8.50. The van der Waals surface area contributed by atoms with Crippen LogP contribution in [0.3, 0.4) is 0 Å². The van der Waals surface area contributed by atoms with Gasteiger partial charge in [-0.3, -0.25) is 0 Å². The number of rotatable bonds is 5. The van der Waals surface area contributed by atoms with Gasteiger partial charge in [0, 0.05) is 22.5 Å². The van der Waals surface area contributed by atoms with E-state index in [9.17, 15) is 0 Å². The van der Waals surface area contributed by atoms with Gasteiger partial charge in [0.2, 0.25) is 0 Å². The standard InChI is InChI=1S/C15H22BrNO/c1-4-17-14(7-10(2)3)13-9-12(16)8-11-5-6-18-15(11)13/h8-10,14,17H,4-7H2,1-3H3. The fraction of sp³-hybridized carbons (Fsp3) is 0.600. The molecule has 0 amide bonds. The summed E-state index contributed by atoms with van der Waals surface area (Å²) >= 11 is 3.62. The molecule has 1 aromatic rings. The monoisotopic (exact) mass is 311 g/mol. The van der Waals surface area contributed by atoms with Crippen molar-refractivity contribution in [1.29, 1.82) is 0 Å². The quantitative estimate of drug-likeness (QED) is 0.884. The molecule has 1 unspecified atom stereocenters. The first-order chi connectivity index (χ1) is 8.61. The Bertz CT molecular complexity index is 417. The second-order valence-corrected chi connectivity index (χ2v) is 6.24. The van der Waals surface area contributed by atoms with E-state index >= 15 is 0 Å². The molecule has 0 bridgehead atoms. The molecular weight excluding hydrogens is 290 g/mol. The van der Waals surface area contributed by atoms with Crippen LogP contribution in [0.4, 0.5) is 0 Å². The van der Waals surface area contributed by atoms with E-state index in [0.717, 1.165) is 36.2 Å². The van der Waals surface area contributed by atoms with Crippen LogP contribution in [0.2, 0.25) is 0 Å². The summed E-state index contributed by atoms with van der Waals surface area (Å²) in [6.07, 6.45) is 2.17. The van der Waals surface area contributed by atoms with Gasteiger partial charge in [-0.05, 0) is 36.6 Å². The maximum Gasteiger partial charge on any atom is 0.127 e. The first kappa shape index (κ1) is 13.9. The lowest BCUT2D eigenvalue weighted by Crippen LogP contribution is -2.23. The molecule has 2 nitrogen and oxygen atoms in total. The molecule has 0 saturated carbocycles. The van der Waals surface area contributed by atoms with Gasteiger partial charge in [-0.25, -0.2) is 0 Å². The molecule has 100 valence electrons. The van der Waals surface area contributed by atoms with E-state index in [1.165, 1.54) is 11.1 Å². The normalized spacial score (nSPS) is 15.6. The number of hydrogen-bond acceptors (Lipinski definition) is 2. The van der Waals surface area contributed by atoms with E-state index in [1.54, 1.807) is 0 Å². The number of ether oxygens (including phenoxy) is 1. The molecule has 1 N–H and O–H groups in total. The number of hydrogen-bond donors (Lipinski definition) is 1. The van der Waals surface area contributed by atoms with Crippen LogP contribution in [0.5, 0.6) is 5.75 Å². The second-order valence-electron chi connectivity index (χ2n) is 5.32. The van der Waals surface area contributed by atoms with E-state index < -0.39 is 0 Å². The Morgan fingerprint density at radius 3 is 2.83 bits per heavy atom. The van der Waals surface area contributed by atoms with E-state index in [1.807, 2.05) is 0 Å². The molecular formula is C15H22BrNO. The van der Waals surface area contributed by atoms with Crippen LogP contribution in [0.25, 0.3) is 0 Å². The van der Waals surface area contributed by atoms with Crippen molar-refractivity contribution in [3.63, 3.8) is 0 Å². The number of nitrogens with one attached hydrogen (secondary N) is 1. The molecule has 18 heavy (non-hydrogen) atoms. The van der Waals surface area contributed by atoms with Gasteiger partial charge >= 0.3 is 0 Å². The predicted molar refractivity (Wildman–Crippen MR) is 79.2 cm³/mol. The Morgan fingerprint density at radius 1 is 1.39 bits per heavy atom. The summed E-state index contributed by atoms with van der Waals surface area (Å²) in [7, 11) is 0. The zero-order chi connectivity index (χ0) is 13.1. The summed E-state index contributed by atoms with van der Waals surface area (Å²) in [6, 6.07) is 4.78. The van der Waals surface area contributed by atoms with Crippen molar-refractivity contribution in [2.24, 2.45) is 5.92 Å². The van der Waals surface area contributed by atoms with Crippen LogP contribution in [0, 0.1) is 5.92 Å². The van der Waals surface area contributed by atoms with Gasteiger partial charge in [-0.1, -0.05) is 36.7 Å². The lowest BCUT2D eigenvalue weighted by atomic mass is 9.94. The number of fused-ring (bicyclic) bond motifs is 1. The summed E-state index contributed by atoms with van der Waals surface area (Å²) in [5.74, 6) is 1.79. The van der Waals surface area contributed by atoms with E-state index in [2.05, 4.69) is 54.2 Å². The largest absolute Gasteiger partial charge is 0.493 e. The van der Waals surface area contributed by atoms with E-state index in [0.29, 0.717) is 12.0 Å². The molecule has 1 aromatic carbocycles. The topological polar surface area (TPSA) is 21.3 Å². The van der Waals surface area contributed by atoms with E-state index in [4.69, 9.17) is 4.74 Å². The molecule has 1 atom stereocenters. The highest BCUT2D eigenvalue weighted by atomic mass is 79.9. The number of benzene rings is 1. The molecule has 0 aliphatic carbocycles. The van der Waals surface area contributed by atoms with Crippen LogP contribution in [0.15, 0.2) is 16.6 Å². The third-order valence-electron chi connectivity index (χ3n) is 3.31. The fourth-order valence-corrected chi connectivity index (χ4v) is 3.12. The zero-order valence-electron chi connectivity index (χ0n) is 11.4. The molecule has 1 aliphatic rings. The minimum atomic E-state index is 0.388. The summed E-state index contributed by atoms with van der Waals surface area (Å²) in [5.41, 5.74) is 2.65. The molecule has 0 spiro atoms. The molecule has 2 rings (SSSR count). The highest BCUT2D eigenvalue weighted by molar-refractivity contribution is 9.10. The van der Waals surface area contributed by atoms with Crippen molar-refractivity contribution in [2.45, 2.75) is 39.7 Å². The molecule has 1 heterocycles. The van der Waals surface area contributed by atoms with Crippen LogP contribution in [0.1, 0.15) is 44.4 Å². The van der Waals surface area contributed by atoms with Crippen molar-refractivity contribution in [3.8, 4) is 5.75 Å². The van der Waals surface area contributed by atoms with Crippen molar-refractivity contribution < 1.29 is 4.74 Å². The Labute approximate surface area is 118 Å². The third-order valence-corrected chi connectivity index (χ3v) is 3.77. The van der Waals surface area contributed by atoms with Crippen LogP contribution >= 0.6 is 15.9 Å². The summed E-state index contributed by atoms with van der Waals surface area (Å²) < 4.78 is 6.99. The molecule has 1 aliphatic heterocycles. The molecule has 0 saturated heterocycles. The Balaban J connectivity index is 2.34. The lowest BCUT2D eigenvalue weighted by molar-refractivity contribution is 0.343. The molecule has 0 fully saturated rings. The zero-order valence-corrected chi connectivity index (χ0v) is 13.0. The fourth-order valence-electron chi connectivity index (χ4n) is 2.59. The van der Waals surface area contributed by atoms with Crippen molar-refractivity contribution in [2.75, 3.05) is 13.2 Å². The maximum atomic E-state index is 5.83. The van der Waals surface area contributed by atoms with Gasteiger partial charge in [0.05, 0.1) is 6.61 Å². The average molecular weight is 312 g/mol. The van der Waals surface area contributed by atoms with Crippen molar-refractivity contribution in [3.05, 3.63) is 27.7 Å².